The minimum atomic E-state index is -1.29. The van der Waals surface area contributed by atoms with E-state index in [9.17, 15) is 30.6 Å². The van der Waals surface area contributed by atoms with Crippen molar-refractivity contribution in [1.82, 2.24) is 19.5 Å². The lowest BCUT2D eigenvalue weighted by molar-refractivity contribution is -0.0511. The van der Waals surface area contributed by atoms with Gasteiger partial charge in [-0.05, 0) is 0 Å². The van der Waals surface area contributed by atoms with Gasteiger partial charge >= 0.3 is 0 Å². The Kier molecular flexibility index (Phi) is 4.84. The van der Waals surface area contributed by atoms with E-state index in [0.717, 1.165) is 12.1 Å². The Balaban J connectivity index is 1.62. The second-order valence-corrected chi connectivity index (χ2v) is 6.59. The van der Waals surface area contributed by atoms with Crippen LogP contribution < -0.4 is 5.32 Å². The van der Waals surface area contributed by atoms with Crippen LogP contribution in [0.4, 0.5) is 5.82 Å². The fourth-order valence-corrected chi connectivity index (χ4v) is 3.26. The third-order valence-corrected chi connectivity index (χ3v) is 4.77. The molecule has 3 aromatic rings. The van der Waals surface area contributed by atoms with Crippen LogP contribution >= 0.6 is 0 Å². The van der Waals surface area contributed by atoms with Gasteiger partial charge in [0.15, 0.2) is 23.2 Å². The standard InChI is InChI=1S/C17H19N5O7/c23-4-11-13(27)14(28)17(29-11)22-6-21-12-15(19-5-20-16(12)22)18-3-8-9(25)1-7(24)2-10(8)26/h1-2,5-6,11,13-14,17,23-28H,3-4H2,(H,18,19,20)/t11-,13-,14+,17-/m1/s1. The van der Waals surface area contributed by atoms with Gasteiger partial charge in [-0.3, -0.25) is 4.57 Å². The Bertz CT molecular complexity index is 1020. The zero-order valence-corrected chi connectivity index (χ0v) is 14.9. The molecule has 0 amide bonds. The number of rotatable bonds is 5. The zero-order chi connectivity index (χ0) is 20.7. The molecule has 12 nitrogen and oxygen atoms in total. The van der Waals surface area contributed by atoms with Crippen LogP contribution in [0.5, 0.6) is 17.2 Å². The molecule has 4 rings (SSSR count). The number of aliphatic hydroxyl groups is 3. The maximum Gasteiger partial charge on any atom is 0.167 e. The average molecular weight is 405 g/mol. The molecule has 154 valence electrons. The molecule has 0 aliphatic carbocycles. The van der Waals surface area contributed by atoms with Crippen molar-refractivity contribution in [3.63, 3.8) is 0 Å². The molecule has 2 aromatic heterocycles. The number of aromatic hydroxyl groups is 3. The number of aromatic nitrogens is 4. The van der Waals surface area contributed by atoms with Crippen molar-refractivity contribution < 1.29 is 35.4 Å². The molecule has 29 heavy (non-hydrogen) atoms. The van der Waals surface area contributed by atoms with Crippen molar-refractivity contribution in [1.29, 1.82) is 0 Å². The minimum absolute atomic E-state index is 0.0230. The molecule has 0 radical (unpaired) electrons. The summed E-state index contributed by atoms with van der Waals surface area (Å²) in [4.78, 5) is 12.5. The molecule has 1 fully saturated rings. The molecule has 1 saturated heterocycles. The number of phenols is 3. The van der Waals surface area contributed by atoms with Crippen LogP contribution in [0, 0.1) is 0 Å². The molecule has 12 heteroatoms. The van der Waals surface area contributed by atoms with E-state index in [4.69, 9.17) is 4.74 Å². The summed E-state index contributed by atoms with van der Waals surface area (Å²) in [5.41, 5.74) is 0.775. The summed E-state index contributed by atoms with van der Waals surface area (Å²) in [7, 11) is 0. The number of imidazole rings is 1. The molecule has 1 aromatic carbocycles. The van der Waals surface area contributed by atoms with Crippen LogP contribution in [-0.2, 0) is 11.3 Å². The number of ether oxygens (including phenoxy) is 1. The van der Waals surface area contributed by atoms with Crippen molar-refractivity contribution in [2.75, 3.05) is 11.9 Å². The second-order valence-electron chi connectivity index (χ2n) is 6.59. The van der Waals surface area contributed by atoms with E-state index in [1.54, 1.807) is 0 Å². The lowest BCUT2D eigenvalue weighted by Crippen LogP contribution is -2.33. The monoisotopic (exact) mass is 405 g/mol. The van der Waals surface area contributed by atoms with Crippen LogP contribution in [-0.4, -0.2) is 75.1 Å². The highest BCUT2D eigenvalue weighted by Gasteiger charge is 2.44. The first-order valence-corrected chi connectivity index (χ1v) is 8.68. The summed E-state index contributed by atoms with van der Waals surface area (Å²) in [6, 6.07) is 2.20. The lowest BCUT2D eigenvalue weighted by atomic mass is 10.1. The number of nitrogens with one attached hydrogen (secondary N) is 1. The van der Waals surface area contributed by atoms with Crippen molar-refractivity contribution in [2.24, 2.45) is 0 Å². The van der Waals surface area contributed by atoms with Crippen molar-refractivity contribution in [2.45, 2.75) is 31.1 Å². The van der Waals surface area contributed by atoms with Gasteiger partial charge < -0.3 is 40.7 Å². The second kappa shape index (κ2) is 7.33. The van der Waals surface area contributed by atoms with E-state index >= 15 is 0 Å². The molecule has 3 heterocycles. The minimum Gasteiger partial charge on any atom is -0.508 e. The fourth-order valence-electron chi connectivity index (χ4n) is 3.26. The first-order valence-electron chi connectivity index (χ1n) is 8.68. The van der Waals surface area contributed by atoms with Crippen LogP contribution in [0.15, 0.2) is 24.8 Å². The average Bonchev–Trinajstić information content (AvgIpc) is 3.23. The Labute approximate surface area is 163 Å². The summed E-state index contributed by atoms with van der Waals surface area (Å²) >= 11 is 0. The Hall–Kier alpha value is -3.19. The molecule has 0 spiro atoms. The molecule has 0 saturated carbocycles. The number of hydrogen-bond acceptors (Lipinski definition) is 11. The molecular weight excluding hydrogens is 386 g/mol. The van der Waals surface area contributed by atoms with Gasteiger partial charge in [0.2, 0.25) is 0 Å². The van der Waals surface area contributed by atoms with Gasteiger partial charge in [-0.15, -0.1) is 0 Å². The summed E-state index contributed by atoms with van der Waals surface area (Å²) in [5, 5.41) is 61.6. The predicted octanol–water partition coefficient (Wildman–Crippen LogP) is -0.833. The van der Waals surface area contributed by atoms with Crippen molar-refractivity contribution >= 4 is 17.0 Å². The third-order valence-electron chi connectivity index (χ3n) is 4.77. The van der Waals surface area contributed by atoms with Gasteiger partial charge in [0, 0.05) is 18.7 Å². The predicted molar refractivity (Wildman–Crippen MR) is 97.1 cm³/mol. The highest BCUT2D eigenvalue weighted by molar-refractivity contribution is 5.82. The van der Waals surface area contributed by atoms with Crippen LogP contribution in [0.2, 0.25) is 0 Å². The highest BCUT2D eigenvalue weighted by atomic mass is 16.6. The Morgan fingerprint density at radius 3 is 2.41 bits per heavy atom. The van der Waals surface area contributed by atoms with E-state index in [0.29, 0.717) is 11.2 Å². The number of nitrogens with zero attached hydrogens (tertiary/aromatic N) is 4. The number of anilines is 1. The zero-order valence-electron chi connectivity index (χ0n) is 14.9. The number of benzene rings is 1. The smallest absolute Gasteiger partial charge is 0.167 e. The Morgan fingerprint density at radius 1 is 1.03 bits per heavy atom. The number of aliphatic hydroxyl groups excluding tert-OH is 3. The van der Waals surface area contributed by atoms with E-state index in [-0.39, 0.29) is 35.2 Å². The summed E-state index contributed by atoms with van der Waals surface area (Å²) in [5.74, 6) is -0.576. The molecule has 7 N–H and O–H groups in total. The summed E-state index contributed by atoms with van der Waals surface area (Å²) in [6.07, 6.45) is -1.88. The maximum atomic E-state index is 10.2. The van der Waals surface area contributed by atoms with Gasteiger partial charge in [0.05, 0.1) is 18.5 Å². The van der Waals surface area contributed by atoms with Gasteiger partial charge in [0.25, 0.3) is 0 Å². The van der Waals surface area contributed by atoms with Crippen molar-refractivity contribution in [3.05, 3.63) is 30.4 Å². The SMILES string of the molecule is OC[C@H]1O[C@@H](n2cnc3c(NCc4c(O)cc(O)cc4O)ncnc32)[C@@H](O)[C@@H]1O. The van der Waals surface area contributed by atoms with E-state index in [1.165, 1.54) is 17.2 Å². The molecule has 0 unspecified atom stereocenters. The number of phenolic OH excluding ortho intramolecular Hbond substituents is 3. The quantitative estimate of drug-likeness (QED) is 0.281. The highest BCUT2D eigenvalue weighted by Crippen LogP contribution is 2.34. The van der Waals surface area contributed by atoms with Gasteiger partial charge in [-0.2, -0.15) is 0 Å². The Morgan fingerprint density at radius 2 is 1.76 bits per heavy atom. The fraction of sp³-hybridized carbons (Fsp3) is 0.353. The van der Waals surface area contributed by atoms with Gasteiger partial charge in [-0.25, -0.2) is 15.0 Å². The lowest BCUT2D eigenvalue weighted by Gasteiger charge is -2.16. The number of hydrogen-bond donors (Lipinski definition) is 7. The molecular formula is C17H19N5O7. The van der Waals surface area contributed by atoms with Gasteiger partial charge in [-0.1, -0.05) is 0 Å². The normalized spacial score (nSPS) is 24.2. The maximum absolute atomic E-state index is 10.2. The van der Waals surface area contributed by atoms with Crippen LogP contribution in [0.1, 0.15) is 11.8 Å². The summed E-state index contributed by atoms with van der Waals surface area (Å²) in [6.45, 7) is -0.479. The largest absolute Gasteiger partial charge is 0.508 e. The molecule has 0 bridgehead atoms. The van der Waals surface area contributed by atoms with Crippen molar-refractivity contribution in [3.8, 4) is 17.2 Å². The number of fused-ring (bicyclic) bond motifs is 1. The summed E-state index contributed by atoms with van der Waals surface area (Å²) < 4.78 is 6.92. The van der Waals surface area contributed by atoms with Crippen LogP contribution in [0.3, 0.4) is 0 Å². The molecule has 4 atom stereocenters. The molecule has 1 aliphatic rings. The van der Waals surface area contributed by atoms with E-state index in [1.807, 2.05) is 0 Å². The first-order chi connectivity index (χ1) is 13.9. The molecule has 1 aliphatic heterocycles. The van der Waals surface area contributed by atoms with Crippen LogP contribution in [0.25, 0.3) is 11.2 Å². The third kappa shape index (κ3) is 3.27. The van der Waals surface area contributed by atoms with Gasteiger partial charge in [0.1, 0.15) is 41.9 Å². The van der Waals surface area contributed by atoms with E-state index in [2.05, 4.69) is 20.3 Å². The van der Waals surface area contributed by atoms with E-state index < -0.39 is 31.1 Å². The first kappa shape index (κ1) is 19.1. The topological polar surface area (TPSA) is 186 Å².